The molecule has 2 N–H and O–H groups in total. The largest absolute Gasteiger partial charge is 0.330 e. The van der Waals surface area contributed by atoms with Crippen LogP contribution in [0.4, 0.5) is 0 Å². The minimum Gasteiger partial charge on any atom is -0.330 e. The summed E-state index contributed by atoms with van der Waals surface area (Å²) in [5.41, 5.74) is 7.48. The normalized spacial score (nSPS) is 18.1. The highest BCUT2D eigenvalue weighted by molar-refractivity contribution is 5.03. The van der Waals surface area contributed by atoms with Gasteiger partial charge in [0.05, 0.1) is 5.69 Å². The highest BCUT2D eigenvalue weighted by Crippen LogP contribution is 2.42. The molecular weight excluding hydrogens is 210 g/mol. The Morgan fingerprint density at radius 2 is 2.24 bits per heavy atom. The van der Waals surface area contributed by atoms with E-state index in [2.05, 4.69) is 23.0 Å². The summed E-state index contributed by atoms with van der Waals surface area (Å²) in [6.45, 7) is 2.90. The molecule has 0 amide bonds. The molecule has 3 nitrogen and oxygen atoms in total. The molecule has 3 heteroatoms. The van der Waals surface area contributed by atoms with Crippen molar-refractivity contribution in [2.24, 2.45) is 11.1 Å². The number of nitrogens with zero attached hydrogens (tertiary/aromatic N) is 2. The molecule has 1 heterocycles. The van der Waals surface area contributed by atoms with Crippen LogP contribution < -0.4 is 5.73 Å². The lowest BCUT2D eigenvalue weighted by molar-refractivity contribution is 0.110. The van der Waals surface area contributed by atoms with Gasteiger partial charge in [-0.2, -0.15) is 0 Å². The van der Waals surface area contributed by atoms with Crippen LogP contribution in [0.1, 0.15) is 31.4 Å². The summed E-state index contributed by atoms with van der Waals surface area (Å²) >= 11 is 0. The number of nitrogens with two attached hydrogens (primary N) is 1. The van der Waals surface area contributed by atoms with Crippen LogP contribution in [0.25, 0.3) is 0 Å². The number of pyridine rings is 1. The van der Waals surface area contributed by atoms with Crippen LogP contribution in [0.5, 0.6) is 0 Å². The van der Waals surface area contributed by atoms with Gasteiger partial charge in [-0.3, -0.25) is 4.98 Å². The molecule has 0 spiro atoms. The third kappa shape index (κ3) is 3.27. The standard InChI is InChI=1S/C14H23N3/c1-17(11-13-5-2-3-9-16-13)10-8-14(12-15)6-4-7-14/h2-3,5,9H,4,6-8,10-12,15H2,1H3. The minimum absolute atomic E-state index is 0.457. The van der Waals surface area contributed by atoms with E-state index in [4.69, 9.17) is 5.73 Å². The first-order valence-corrected chi connectivity index (χ1v) is 6.53. The van der Waals surface area contributed by atoms with E-state index in [1.807, 2.05) is 18.3 Å². The van der Waals surface area contributed by atoms with Crippen LogP contribution in [0, 0.1) is 5.41 Å². The topological polar surface area (TPSA) is 42.1 Å². The van der Waals surface area contributed by atoms with Crippen LogP contribution in [0.3, 0.4) is 0 Å². The van der Waals surface area contributed by atoms with E-state index in [1.54, 1.807) is 0 Å². The van der Waals surface area contributed by atoms with Crippen molar-refractivity contribution in [1.82, 2.24) is 9.88 Å². The Balaban J connectivity index is 1.76. The lowest BCUT2D eigenvalue weighted by atomic mass is 9.66. The van der Waals surface area contributed by atoms with Gasteiger partial charge in [-0.1, -0.05) is 12.5 Å². The molecule has 17 heavy (non-hydrogen) atoms. The van der Waals surface area contributed by atoms with Crippen molar-refractivity contribution in [2.75, 3.05) is 20.1 Å². The number of hydrogen-bond donors (Lipinski definition) is 1. The maximum absolute atomic E-state index is 5.88. The van der Waals surface area contributed by atoms with Crippen molar-refractivity contribution in [1.29, 1.82) is 0 Å². The van der Waals surface area contributed by atoms with Crippen molar-refractivity contribution in [3.8, 4) is 0 Å². The number of hydrogen-bond acceptors (Lipinski definition) is 3. The summed E-state index contributed by atoms with van der Waals surface area (Å²) in [5.74, 6) is 0. The van der Waals surface area contributed by atoms with Gasteiger partial charge in [0.15, 0.2) is 0 Å². The van der Waals surface area contributed by atoms with Gasteiger partial charge in [-0.25, -0.2) is 0 Å². The molecule has 1 aromatic heterocycles. The predicted molar refractivity (Wildman–Crippen MR) is 70.5 cm³/mol. The second-order valence-electron chi connectivity index (χ2n) is 5.37. The maximum Gasteiger partial charge on any atom is 0.0543 e. The van der Waals surface area contributed by atoms with Crippen LogP contribution in [-0.2, 0) is 6.54 Å². The molecule has 1 aliphatic rings. The van der Waals surface area contributed by atoms with E-state index in [1.165, 1.54) is 25.7 Å². The van der Waals surface area contributed by atoms with Gasteiger partial charge in [-0.05, 0) is 56.9 Å². The van der Waals surface area contributed by atoms with Crippen molar-refractivity contribution >= 4 is 0 Å². The lowest BCUT2D eigenvalue weighted by Crippen LogP contribution is -2.39. The smallest absolute Gasteiger partial charge is 0.0543 e. The Morgan fingerprint density at radius 1 is 1.41 bits per heavy atom. The van der Waals surface area contributed by atoms with Gasteiger partial charge >= 0.3 is 0 Å². The average Bonchev–Trinajstić information content (AvgIpc) is 2.29. The molecule has 1 aliphatic carbocycles. The van der Waals surface area contributed by atoms with Gasteiger partial charge in [0, 0.05) is 12.7 Å². The summed E-state index contributed by atoms with van der Waals surface area (Å²) in [5, 5.41) is 0. The van der Waals surface area contributed by atoms with Gasteiger partial charge in [0.25, 0.3) is 0 Å². The molecule has 0 aromatic carbocycles. The molecule has 0 bridgehead atoms. The quantitative estimate of drug-likeness (QED) is 0.817. The molecule has 0 aliphatic heterocycles. The zero-order valence-corrected chi connectivity index (χ0v) is 10.7. The minimum atomic E-state index is 0.457. The molecular formula is C14H23N3. The predicted octanol–water partition coefficient (Wildman–Crippen LogP) is 2.03. The molecule has 94 valence electrons. The highest BCUT2D eigenvalue weighted by atomic mass is 15.1. The second kappa shape index (κ2) is 5.61. The summed E-state index contributed by atoms with van der Waals surface area (Å²) in [6.07, 6.45) is 7.09. The molecule has 0 saturated heterocycles. The average molecular weight is 233 g/mol. The van der Waals surface area contributed by atoms with E-state index in [0.29, 0.717) is 5.41 Å². The lowest BCUT2D eigenvalue weighted by Gasteiger charge is -2.42. The van der Waals surface area contributed by atoms with E-state index in [9.17, 15) is 0 Å². The fraction of sp³-hybridized carbons (Fsp3) is 0.643. The summed E-state index contributed by atoms with van der Waals surface area (Å²) < 4.78 is 0. The maximum atomic E-state index is 5.88. The Morgan fingerprint density at radius 3 is 2.76 bits per heavy atom. The van der Waals surface area contributed by atoms with Crippen molar-refractivity contribution in [3.63, 3.8) is 0 Å². The van der Waals surface area contributed by atoms with E-state index < -0.39 is 0 Å². The van der Waals surface area contributed by atoms with Crippen molar-refractivity contribution in [2.45, 2.75) is 32.2 Å². The Kier molecular flexibility index (Phi) is 4.13. The molecule has 0 atom stereocenters. The molecule has 1 saturated carbocycles. The molecule has 1 fully saturated rings. The van der Waals surface area contributed by atoms with E-state index >= 15 is 0 Å². The third-order valence-electron chi connectivity index (χ3n) is 4.03. The summed E-state index contributed by atoms with van der Waals surface area (Å²) in [4.78, 5) is 6.70. The summed E-state index contributed by atoms with van der Waals surface area (Å²) in [7, 11) is 2.16. The van der Waals surface area contributed by atoms with Crippen LogP contribution in [0.2, 0.25) is 0 Å². The van der Waals surface area contributed by atoms with Crippen molar-refractivity contribution in [3.05, 3.63) is 30.1 Å². The Bertz CT molecular complexity index is 327. The molecule has 1 aromatic rings. The van der Waals surface area contributed by atoms with Crippen LogP contribution in [-0.4, -0.2) is 30.0 Å². The third-order valence-corrected chi connectivity index (χ3v) is 4.03. The Hall–Kier alpha value is -0.930. The first-order valence-electron chi connectivity index (χ1n) is 6.53. The SMILES string of the molecule is CN(CCC1(CN)CCC1)Cc1ccccn1. The molecule has 0 unspecified atom stereocenters. The first-order chi connectivity index (χ1) is 8.24. The van der Waals surface area contributed by atoms with Gasteiger partial charge in [0.1, 0.15) is 0 Å². The fourth-order valence-corrected chi connectivity index (χ4v) is 2.51. The van der Waals surface area contributed by atoms with Gasteiger partial charge < -0.3 is 10.6 Å². The fourth-order valence-electron chi connectivity index (χ4n) is 2.51. The van der Waals surface area contributed by atoms with Crippen LogP contribution >= 0.6 is 0 Å². The van der Waals surface area contributed by atoms with Gasteiger partial charge in [0.2, 0.25) is 0 Å². The Labute approximate surface area is 104 Å². The number of aromatic nitrogens is 1. The monoisotopic (exact) mass is 233 g/mol. The van der Waals surface area contributed by atoms with Gasteiger partial charge in [-0.15, -0.1) is 0 Å². The number of rotatable bonds is 6. The van der Waals surface area contributed by atoms with E-state index in [0.717, 1.165) is 25.3 Å². The zero-order valence-electron chi connectivity index (χ0n) is 10.7. The summed E-state index contributed by atoms with van der Waals surface area (Å²) in [6, 6.07) is 6.09. The van der Waals surface area contributed by atoms with Crippen molar-refractivity contribution < 1.29 is 0 Å². The molecule has 0 radical (unpaired) electrons. The highest BCUT2D eigenvalue weighted by Gasteiger charge is 2.35. The second-order valence-corrected chi connectivity index (χ2v) is 5.37. The first kappa shape index (κ1) is 12.5. The van der Waals surface area contributed by atoms with Crippen LogP contribution in [0.15, 0.2) is 24.4 Å². The zero-order chi connectivity index (χ0) is 12.1. The molecule has 2 rings (SSSR count). The van der Waals surface area contributed by atoms with E-state index in [-0.39, 0.29) is 0 Å².